The second-order valence-corrected chi connectivity index (χ2v) is 10.2. The fourth-order valence-electron chi connectivity index (χ4n) is 4.38. The summed E-state index contributed by atoms with van der Waals surface area (Å²) >= 11 is 0. The highest BCUT2D eigenvalue weighted by atomic mass is 19.4. The molecule has 0 fully saturated rings. The van der Waals surface area contributed by atoms with E-state index in [2.05, 4.69) is 20.5 Å². The van der Waals surface area contributed by atoms with Crippen molar-refractivity contribution in [2.75, 3.05) is 26.7 Å². The number of benzene rings is 2. The molecule has 4 rings (SSSR count). The maximum Gasteiger partial charge on any atom is 0.393 e. The summed E-state index contributed by atoms with van der Waals surface area (Å²) in [6, 6.07) is 16.3. The molecule has 0 atom stereocenters. The first-order valence-electron chi connectivity index (χ1n) is 13.8. The van der Waals surface area contributed by atoms with Crippen LogP contribution in [0.1, 0.15) is 37.0 Å². The van der Waals surface area contributed by atoms with Gasteiger partial charge in [0.1, 0.15) is 6.61 Å². The van der Waals surface area contributed by atoms with E-state index < -0.39 is 18.5 Å². The lowest BCUT2D eigenvalue weighted by molar-refractivity contribution is -0.126. The highest BCUT2D eigenvalue weighted by Gasteiger charge is 2.31. The molecule has 2 aromatic carbocycles. The number of fused-ring (bicyclic) bond motifs is 1. The van der Waals surface area contributed by atoms with Gasteiger partial charge in [0.2, 0.25) is 17.7 Å². The summed E-state index contributed by atoms with van der Waals surface area (Å²) in [5, 5.41) is 9.47. The van der Waals surface area contributed by atoms with Gasteiger partial charge in [-0.2, -0.15) is 22.7 Å². The number of hydrogen-bond donors (Lipinski definition) is 2. The summed E-state index contributed by atoms with van der Waals surface area (Å²) in [6.07, 6.45) is -0.999. The Bertz CT molecular complexity index is 1580. The molecule has 0 saturated carbocycles. The lowest BCUT2D eigenvalue weighted by atomic mass is 9.88. The molecule has 1 amide bonds. The highest BCUT2D eigenvalue weighted by molar-refractivity contribution is 6.00. The van der Waals surface area contributed by atoms with Crippen LogP contribution in [0.5, 0.6) is 5.88 Å². The van der Waals surface area contributed by atoms with E-state index in [1.54, 1.807) is 72.6 Å². The number of rotatable bonds is 12. The van der Waals surface area contributed by atoms with Crippen molar-refractivity contribution in [1.82, 2.24) is 25.4 Å². The van der Waals surface area contributed by atoms with Gasteiger partial charge in [0.15, 0.2) is 0 Å². The van der Waals surface area contributed by atoms with Crippen LogP contribution < -0.4 is 10.1 Å². The number of likely N-dealkylation sites (N-methyl/N-ethyl adjacent to an activating group) is 1. The lowest BCUT2D eigenvalue weighted by Crippen LogP contribution is -2.31. The minimum Gasteiger partial charge on any atom is -0.476 e. The number of alkyl halides is 3. The predicted molar refractivity (Wildman–Crippen MR) is 159 cm³/mol. The van der Waals surface area contributed by atoms with Crippen molar-refractivity contribution in [2.24, 2.45) is 0 Å². The number of halogens is 4. The molecule has 0 bridgehead atoms. The number of pyridine rings is 1. The fourth-order valence-corrected chi connectivity index (χ4v) is 4.38. The summed E-state index contributed by atoms with van der Waals surface area (Å²) < 4.78 is 61.8. The molecule has 0 spiro atoms. The Labute approximate surface area is 247 Å². The number of amides is 1. The van der Waals surface area contributed by atoms with Crippen LogP contribution in [0, 0.1) is 5.95 Å². The molecule has 4 aromatic rings. The van der Waals surface area contributed by atoms with Crippen LogP contribution in [-0.2, 0) is 4.79 Å². The Morgan fingerprint density at radius 1 is 1.07 bits per heavy atom. The number of nitrogens with one attached hydrogen (secondary N) is 2. The molecule has 226 valence electrons. The molecular formula is C32H33F4N5O2. The van der Waals surface area contributed by atoms with Crippen molar-refractivity contribution in [2.45, 2.75) is 32.5 Å². The Balaban J connectivity index is 1.55. The lowest BCUT2D eigenvalue weighted by Gasteiger charge is -2.19. The smallest absolute Gasteiger partial charge is 0.393 e. The van der Waals surface area contributed by atoms with Gasteiger partial charge >= 0.3 is 6.18 Å². The molecule has 0 unspecified atom stereocenters. The normalized spacial score (nSPS) is 12.7. The average Bonchev–Trinajstić information content (AvgIpc) is 3.36. The summed E-state index contributed by atoms with van der Waals surface area (Å²) in [5.41, 5.74) is 1.86. The largest absolute Gasteiger partial charge is 0.476 e. The molecule has 11 heteroatoms. The molecule has 7 nitrogen and oxygen atoms in total. The van der Waals surface area contributed by atoms with Gasteiger partial charge in [-0.3, -0.25) is 9.89 Å². The predicted octanol–water partition coefficient (Wildman–Crippen LogP) is 6.40. The van der Waals surface area contributed by atoms with Crippen LogP contribution in [0.3, 0.4) is 0 Å². The summed E-state index contributed by atoms with van der Waals surface area (Å²) in [7, 11) is 1.74. The third-order valence-corrected chi connectivity index (χ3v) is 6.80. The van der Waals surface area contributed by atoms with E-state index in [9.17, 15) is 22.4 Å². The van der Waals surface area contributed by atoms with E-state index in [1.165, 1.54) is 18.3 Å². The van der Waals surface area contributed by atoms with Crippen LogP contribution in [-0.4, -0.2) is 65.0 Å². The SMILES string of the molecule is CC(C)N(C)C(=O)/C=C/CNCCOc1ccc(/C(=C(/CC(F)(F)F)c2ccccc2)c2ccc3n[nH]c(F)c3c2)cn1. The number of hydrogen-bond acceptors (Lipinski definition) is 5. The van der Waals surface area contributed by atoms with Gasteiger partial charge in [0, 0.05) is 50.1 Å². The number of aromatic nitrogens is 3. The van der Waals surface area contributed by atoms with Gasteiger partial charge in [-0.25, -0.2) is 4.98 Å². The van der Waals surface area contributed by atoms with Crippen molar-refractivity contribution in [3.63, 3.8) is 0 Å². The fraction of sp³-hybridized carbons (Fsp3) is 0.281. The first-order valence-corrected chi connectivity index (χ1v) is 13.8. The summed E-state index contributed by atoms with van der Waals surface area (Å²) in [6.45, 7) is 5.11. The standard InChI is InChI=1S/C32H33F4N5O2/c1-21(2)41(3)29(42)10-7-15-37-16-17-43-28-14-12-24(20-38-28)30(23-11-13-27-25(18-23)31(33)40-39-27)26(19-32(34,35)36)22-8-5-4-6-9-22/h4-14,18,20-21,37H,15-17,19H2,1-3H3,(H,39,40)/b10-7+,30-26-. The van der Waals surface area contributed by atoms with Crippen molar-refractivity contribution in [3.8, 4) is 5.88 Å². The molecule has 43 heavy (non-hydrogen) atoms. The monoisotopic (exact) mass is 595 g/mol. The maximum atomic E-state index is 14.4. The molecule has 0 aliphatic rings. The van der Waals surface area contributed by atoms with E-state index >= 15 is 0 Å². The number of carbonyl (C=O) groups excluding carboxylic acids is 1. The first-order chi connectivity index (χ1) is 20.5. The van der Waals surface area contributed by atoms with E-state index in [4.69, 9.17) is 4.74 Å². The van der Waals surface area contributed by atoms with E-state index in [-0.39, 0.29) is 35.1 Å². The minimum absolute atomic E-state index is 0.0298. The molecule has 0 radical (unpaired) electrons. The Kier molecular flexibility index (Phi) is 10.3. The van der Waals surface area contributed by atoms with Crippen LogP contribution in [0.25, 0.3) is 22.0 Å². The molecular weight excluding hydrogens is 562 g/mol. The Morgan fingerprint density at radius 2 is 1.81 bits per heavy atom. The van der Waals surface area contributed by atoms with Gasteiger partial charge < -0.3 is 15.0 Å². The van der Waals surface area contributed by atoms with Crippen molar-refractivity contribution in [1.29, 1.82) is 0 Å². The molecule has 2 aromatic heterocycles. The zero-order chi connectivity index (χ0) is 31.0. The van der Waals surface area contributed by atoms with Gasteiger partial charge in [0.05, 0.1) is 17.3 Å². The second-order valence-electron chi connectivity index (χ2n) is 10.2. The third-order valence-electron chi connectivity index (χ3n) is 6.80. The zero-order valence-electron chi connectivity index (χ0n) is 24.1. The first kappa shape index (κ1) is 31.4. The Hall–Kier alpha value is -4.51. The molecule has 2 N–H and O–H groups in total. The van der Waals surface area contributed by atoms with Crippen molar-refractivity contribution < 1.29 is 27.1 Å². The van der Waals surface area contributed by atoms with Crippen molar-refractivity contribution >= 4 is 28.0 Å². The minimum atomic E-state index is -4.50. The number of aromatic amines is 1. The number of carbonyl (C=O) groups is 1. The third kappa shape index (κ3) is 8.51. The van der Waals surface area contributed by atoms with E-state index in [1.807, 2.05) is 13.8 Å². The van der Waals surface area contributed by atoms with Crippen LogP contribution in [0.4, 0.5) is 17.6 Å². The summed E-state index contributed by atoms with van der Waals surface area (Å²) in [4.78, 5) is 17.9. The van der Waals surface area contributed by atoms with E-state index in [0.717, 1.165) is 0 Å². The zero-order valence-corrected chi connectivity index (χ0v) is 24.1. The topological polar surface area (TPSA) is 83.1 Å². The highest BCUT2D eigenvalue weighted by Crippen LogP contribution is 2.40. The van der Waals surface area contributed by atoms with Crippen LogP contribution in [0.15, 0.2) is 79.0 Å². The number of allylic oxidation sites excluding steroid dienone is 1. The van der Waals surface area contributed by atoms with E-state index in [0.29, 0.717) is 41.2 Å². The molecule has 2 heterocycles. The number of H-pyrrole nitrogens is 1. The molecule has 0 saturated heterocycles. The maximum absolute atomic E-state index is 14.4. The quantitative estimate of drug-likeness (QED) is 0.0858. The average molecular weight is 596 g/mol. The molecule has 0 aliphatic heterocycles. The molecule has 0 aliphatic carbocycles. The second kappa shape index (κ2) is 14.1. The van der Waals surface area contributed by atoms with Gasteiger partial charge in [-0.05, 0) is 54.3 Å². The van der Waals surface area contributed by atoms with Crippen LogP contribution >= 0.6 is 0 Å². The Morgan fingerprint density at radius 3 is 2.49 bits per heavy atom. The number of ether oxygens (including phenoxy) is 1. The van der Waals surface area contributed by atoms with Gasteiger partial charge in [-0.15, -0.1) is 0 Å². The van der Waals surface area contributed by atoms with Crippen LogP contribution in [0.2, 0.25) is 0 Å². The van der Waals surface area contributed by atoms with Gasteiger partial charge in [-0.1, -0.05) is 42.5 Å². The number of nitrogens with zero attached hydrogens (tertiary/aromatic N) is 3. The van der Waals surface area contributed by atoms with Gasteiger partial charge in [0.25, 0.3) is 0 Å². The van der Waals surface area contributed by atoms with Crippen molar-refractivity contribution in [3.05, 3.63) is 102 Å². The summed E-state index contributed by atoms with van der Waals surface area (Å²) in [5.74, 6) is -0.456.